The van der Waals surface area contributed by atoms with Crippen LogP contribution in [-0.2, 0) is 38.3 Å². The van der Waals surface area contributed by atoms with Crippen molar-refractivity contribution < 1.29 is 19.0 Å². The summed E-state index contributed by atoms with van der Waals surface area (Å²) < 4.78 is 16.8. The van der Waals surface area contributed by atoms with Crippen molar-refractivity contribution in [2.75, 3.05) is 39.2 Å². The number of β-lactam (4-membered cyclic amide) rings is 1. The number of likely N-dealkylation sites (tertiary alicyclic amines) is 1. The molecule has 2 heterocycles. The number of pyridine rings is 1. The molecule has 4 rings (SSSR count). The van der Waals surface area contributed by atoms with E-state index in [0.29, 0.717) is 12.3 Å². The van der Waals surface area contributed by atoms with Gasteiger partial charge in [-0.2, -0.15) is 11.8 Å². The van der Waals surface area contributed by atoms with E-state index < -0.39 is 5.60 Å². The van der Waals surface area contributed by atoms with Crippen LogP contribution in [-0.4, -0.2) is 66.7 Å². The molecule has 0 spiro atoms. The fraction of sp³-hybridized carbons (Fsp3) is 0.760. The molecule has 0 N–H and O–H groups in total. The molecular weight excluding hydrogens is 424 g/mol. The number of ether oxygens (including phenoxy) is 3. The van der Waals surface area contributed by atoms with E-state index in [1.807, 2.05) is 18.0 Å². The summed E-state index contributed by atoms with van der Waals surface area (Å²) in [6, 6.07) is 2.12. The first kappa shape index (κ1) is 24.0. The zero-order chi connectivity index (χ0) is 22.6. The second kappa shape index (κ2) is 10.9. The highest BCUT2D eigenvalue weighted by Gasteiger charge is 2.62. The Bertz CT molecular complexity index is 787. The van der Waals surface area contributed by atoms with E-state index in [4.69, 9.17) is 19.2 Å². The minimum absolute atomic E-state index is 0.0128. The molecule has 178 valence electrons. The Kier molecular flexibility index (Phi) is 8.13. The van der Waals surface area contributed by atoms with Gasteiger partial charge in [0.25, 0.3) is 5.91 Å². The van der Waals surface area contributed by atoms with Gasteiger partial charge in [0.1, 0.15) is 13.5 Å². The predicted octanol–water partition coefficient (Wildman–Crippen LogP) is 3.85. The molecule has 1 saturated heterocycles. The Balaban J connectivity index is 1.54. The number of nitrogens with zero attached hydrogens (tertiary/aromatic N) is 2. The summed E-state index contributed by atoms with van der Waals surface area (Å²) >= 11 is 1.87. The average Bonchev–Trinajstić information content (AvgIpc) is 3.54. The number of hydrogen-bond donors (Lipinski definition) is 0. The van der Waals surface area contributed by atoms with Crippen LogP contribution in [0.3, 0.4) is 0 Å². The first-order chi connectivity index (χ1) is 15.6. The van der Waals surface area contributed by atoms with E-state index in [9.17, 15) is 4.79 Å². The van der Waals surface area contributed by atoms with Crippen molar-refractivity contribution >= 4 is 17.7 Å². The zero-order valence-electron chi connectivity index (χ0n) is 19.8. The SMILES string of the molecule is CCCSC[C@@H]1N(COC)C(=O)[C@]1(Cc1nccc2c1C[C@H](CCC1CC1)C2)OCOC. The molecule has 0 aromatic carbocycles. The van der Waals surface area contributed by atoms with Gasteiger partial charge < -0.3 is 19.1 Å². The molecule has 1 amide bonds. The largest absolute Gasteiger partial charge is 0.364 e. The lowest BCUT2D eigenvalue weighted by molar-refractivity contribution is -0.229. The van der Waals surface area contributed by atoms with E-state index in [0.717, 1.165) is 42.4 Å². The van der Waals surface area contributed by atoms with Crippen molar-refractivity contribution in [2.45, 2.75) is 69.9 Å². The van der Waals surface area contributed by atoms with Crippen LogP contribution in [0, 0.1) is 11.8 Å². The number of carbonyl (C=O) groups excluding carboxylic acids is 1. The van der Waals surface area contributed by atoms with Gasteiger partial charge in [-0.3, -0.25) is 9.78 Å². The Morgan fingerprint density at radius 1 is 1.19 bits per heavy atom. The highest BCUT2D eigenvalue weighted by Crippen LogP contribution is 2.42. The summed E-state index contributed by atoms with van der Waals surface area (Å²) in [6.45, 7) is 2.57. The molecule has 32 heavy (non-hydrogen) atoms. The van der Waals surface area contributed by atoms with Crippen molar-refractivity contribution in [2.24, 2.45) is 11.8 Å². The molecule has 3 atom stereocenters. The van der Waals surface area contributed by atoms with Gasteiger partial charge in [-0.15, -0.1) is 0 Å². The maximum absolute atomic E-state index is 13.4. The fourth-order valence-corrected chi connectivity index (χ4v) is 6.43. The number of carbonyl (C=O) groups is 1. The molecule has 0 radical (unpaired) electrons. The maximum Gasteiger partial charge on any atom is 0.259 e. The highest BCUT2D eigenvalue weighted by atomic mass is 32.2. The summed E-state index contributed by atoms with van der Waals surface area (Å²) in [7, 11) is 3.24. The molecule has 7 heteroatoms. The second-order valence-electron chi connectivity index (χ2n) is 9.59. The Hall–Kier alpha value is -1.15. The van der Waals surface area contributed by atoms with Crippen LogP contribution in [0.15, 0.2) is 12.3 Å². The molecule has 1 aromatic rings. The van der Waals surface area contributed by atoms with Crippen LogP contribution in [0.25, 0.3) is 0 Å². The van der Waals surface area contributed by atoms with E-state index in [2.05, 4.69) is 13.0 Å². The van der Waals surface area contributed by atoms with Crippen molar-refractivity contribution in [3.63, 3.8) is 0 Å². The van der Waals surface area contributed by atoms with Gasteiger partial charge in [-0.1, -0.05) is 26.2 Å². The third-order valence-corrected chi connectivity index (χ3v) is 8.47. The van der Waals surface area contributed by atoms with Crippen LogP contribution in [0.5, 0.6) is 0 Å². The number of amides is 1. The van der Waals surface area contributed by atoms with Crippen molar-refractivity contribution in [1.29, 1.82) is 0 Å². The number of hydrogen-bond acceptors (Lipinski definition) is 6. The lowest BCUT2D eigenvalue weighted by Crippen LogP contribution is -2.77. The minimum Gasteiger partial charge on any atom is -0.364 e. The molecule has 3 aliphatic rings. The van der Waals surface area contributed by atoms with E-state index in [1.165, 1.54) is 36.8 Å². The Morgan fingerprint density at radius 3 is 2.72 bits per heavy atom. The minimum atomic E-state index is -0.927. The molecule has 2 aliphatic carbocycles. The number of rotatable bonds is 14. The van der Waals surface area contributed by atoms with Crippen molar-refractivity contribution in [3.05, 3.63) is 29.1 Å². The maximum atomic E-state index is 13.4. The molecule has 0 unspecified atom stereocenters. The third kappa shape index (κ3) is 5.01. The van der Waals surface area contributed by atoms with Gasteiger partial charge in [0, 0.05) is 38.3 Å². The Morgan fingerprint density at radius 2 is 2.00 bits per heavy atom. The standard InChI is InChI=1S/C25H38N2O4S/c1-4-11-32-15-23-25(31-17-30-3,24(28)27(23)16-29-2)14-22-21-13-19(8-7-18-5-6-18)12-20(21)9-10-26-22/h9-10,18-19,23H,4-8,11-17H2,1-3H3/t19-,23+,25-/m1/s1. The fourth-order valence-electron chi connectivity index (χ4n) is 5.31. The van der Waals surface area contributed by atoms with Gasteiger partial charge in [0.2, 0.25) is 0 Å². The van der Waals surface area contributed by atoms with Crippen LogP contribution >= 0.6 is 11.8 Å². The first-order valence-electron chi connectivity index (χ1n) is 12.1. The second-order valence-corrected chi connectivity index (χ2v) is 10.7. The number of thioether (sulfide) groups is 1. The summed E-state index contributed by atoms with van der Waals surface area (Å²) in [5.74, 6) is 3.56. The lowest BCUT2D eigenvalue weighted by Gasteiger charge is -2.55. The molecule has 6 nitrogen and oxygen atoms in total. The number of fused-ring (bicyclic) bond motifs is 1. The first-order valence-corrected chi connectivity index (χ1v) is 13.2. The third-order valence-electron chi connectivity index (χ3n) is 7.22. The van der Waals surface area contributed by atoms with Gasteiger partial charge in [0.05, 0.1) is 6.04 Å². The van der Waals surface area contributed by atoms with Crippen LogP contribution in [0.2, 0.25) is 0 Å². The van der Waals surface area contributed by atoms with Crippen molar-refractivity contribution in [3.8, 4) is 0 Å². The zero-order valence-corrected chi connectivity index (χ0v) is 20.6. The van der Waals surface area contributed by atoms with Gasteiger partial charge in [-0.05, 0) is 60.5 Å². The summed E-state index contributed by atoms with van der Waals surface area (Å²) in [4.78, 5) is 20.0. The Labute approximate surface area is 196 Å². The summed E-state index contributed by atoms with van der Waals surface area (Å²) in [5.41, 5.74) is 2.87. The van der Waals surface area contributed by atoms with Crippen LogP contribution in [0.1, 0.15) is 55.8 Å². The van der Waals surface area contributed by atoms with Crippen LogP contribution in [0.4, 0.5) is 0 Å². The summed E-state index contributed by atoms with van der Waals surface area (Å²) in [5, 5.41) is 0. The van der Waals surface area contributed by atoms with E-state index in [-0.39, 0.29) is 25.5 Å². The smallest absolute Gasteiger partial charge is 0.259 e. The molecule has 0 bridgehead atoms. The lowest BCUT2D eigenvalue weighted by atomic mass is 9.78. The average molecular weight is 463 g/mol. The van der Waals surface area contributed by atoms with Gasteiger partial charge >= 0.3 is 0 Å². The molecule has 1 aliphatic heterocycles. The number of methoxy groups -OCH3 is 2. The van der Waals surface area contributed by atoms with Crippen molar-refractivity contribution in [1.82, 2.24) is 9.88 Å². The van der Waals surface area contributed by atoms with Gasteiger partial charge in [0.15, 0.2) is 5.60 Å². The monoisotopic (exact) mass is 462 g/mol. The van der Waals surface area contributed by atoms with Gasteiger partial charge in [-0.25, -0.2) is 0 Å². The molecule has 1 aromatic heterocycles. The highest BCUT2D eigenvalue weighted by molar-refractivity contribution is 7.99. The predicted molar refractivity (Wildman–Crippen MR) is 127 cm³/mol. The summed E-state index contributed by atoms with van der Waals surface area (Å²) in [6.07, 6.45) is 11.3. The molecular formula is C25H38N2O4S. The van der Waals surface area contributed by atoms with Crippen LogP contribution < -0.4 is 0 Å². The quantitative estimate of drug-likeness (QED) is 0.238. The molecule has 1 saturated carbocycles. The van der Waals surface area contributed by atoms with E-state index in [1.54, 1.807) is 19.1 Å². The topological polar surface area (TPSA) is 60.9 Å². The number of aromatic nitrogens is 1. The van der Waals surface area contributed by atoms with E-state index >= 15 is 0 Å². The molecule has 2 fully saturated rings. The normalized spacial score (nSPS) is 27.0.